The second-order valence-corrected chi connectivity index (χ2v) is 6.83. The predicted molar refractivity (Wildman–Crippen MR) is 80.8 cm³/mol. The van der Waals surface area contributed by atoms with Crippen molar-refractivity contribution in [1.29, 1.82) is 0 Å². The molecule has 7 nitrogen and oxygen atoms in total. The summed E-state index contributed by atoms with van der Waals surface area (Å²) in [6.07, 6.45) is 0.591. The van der Waals surface area contributed by atoms with Crippen LogP contribution in [0, 0.1) is 0 Å². The summed E-state index contributed by atoms with van der Waals surface area (Å²) in [6.45, 7) is 1.24. The number of carboxylic acid groups (broad SMARTS) is 1. The highest BCUT2D eigenvalue weighted by molar-refractivity contribution is 7.89. The van der Waals surface area contributed by atoms with Crippen molar-refractivity contribution in [2.75, 3.05) is 26.7 Å². The lowest BCUT2D eigenvalue weighted by atomic mass is 10.3. The molecule has 0 aromatic heterocycles. The van der Waals surface area contributed by atoms with Crippen LogP contribution in [0.1, 0.15) is 13.3 Å². The Morgan fingerprint density at radius 1 is 1.14 bits per heavy atom. The van der Waals surface area contributed by atoms with E-state index in [2.05, 4.69) is 0 Å². The molecule has 0 aliphatic heterocycles. The van der Waals surface area contributed by atoms with E-state index < -0.39 is 35.0 Å². The molecule has 0 unspecified atom stereocenters. The summed E-state index contributed by atoms with van der Waals surface area (Å²) >= 11 is 0. The lowest BCUT2D eigenvalue weighted by molar-refractivity contribution is -0.144. The zero-order valence-corrected chi connectivity index (χ0v) is 13.4. The molecule has 1 aromatic rings. The maximum atomic E-state index is 12.3. The normalized spacial score (nSPS) is 11.4. The highest BCUT2D eigenvalue weighted by Gasteiger charge is 2.25. The largest absolute Gasteiger partial charge is 0.480 e. The smallest absolute Gasteiger partial charge is 0.323 e. The highest BCUT2D eigenvalue weighted by Crippen LogP contribution is 2.13. The zero-order chi connectivity index (χ0) is 16.8. The maximum Gasteiger partial charge on any atom is 0.323 e. The number of hydrogen-bond donors (Lipinski definition) is 1. The molecule has 0 saturated carbocycles. The van der Waals surface area contributed by atoms with Crippen LogP contribution in [0.25, 0.3) is 0 Å². The van der Waals surface area contributed by atoms with Crippen molar-refractivity contribution in [2.45, 2.75) is 18.2 Å². The SMILES string of the molecule is CCCN(CC(=O)O)C(=O)CN(C)S(=O)(=O)c1ccccc1. The van der Waals surface area contributed by atoms with E-state index in [1.165, 1.54) is 19.2 Å². The van der Waals surface area contributed by atoms with Gasteiger partial charge in [-0.3, -0.25) is 9.59 Å². The fraction of sp³-hybridized carbons (Fsp3) is 0.429. The van der Waals surface area contributed by atoms with E-state index >= 15 is 0 Å². The van der Waals surface area contributed by atoms with Gasteiger partial charge in [0.15, 0.2) is 0 Å². The van der Waals surface area contributed by atoms with Gasteiger partial charge in [-0.05, 0) is 18.6 Å². The summed E-state index contributed by atoms with van der Waals surface area (Å²) in [4.78, 5) is 24.1. The molecule has 0 aliphatic carbocycles. The number of benzene rings is 1. The molecule has 0 bridgehead atoms. The van der Waals surface area contributed by atoms with Gasteiger partial charge in [0.1, 0.15) is 6.54 Å². The third-order valence-electron chi connectivity index (χ3n) is 2.98. The molecule has 22 heavy (non-hydrogen) atoms. The predicted octanol–water partition coefficient (Wildman–Crippen LogP) is 0.630. The molecule has 8 heteroatoms. The van der Waals surface area contributed by atoms with Crippen LogP contribution in [-0.4, -0.2) is 61.3 Å². The number of amides is 1. The second-order valence-electron chi connectivity index (χ2n) is 4.78. The van der Waals surface area contributed by atoms with Gasteiger partial charge in [0.25, 0.3) is 0 Å². The second kappa shape index (κ2) is 7.90. The molecule has 0 atom stereocenters. The van der Waals surface area contributed by atoms with Crippen molar-refractivity contribution < 1.29 is 23.1 Å². The number of nitrogens with zero attached hydrogens (tertiary/aromatic N) is 2. The Labute approximate surface area is 130 Å². The summed E-state index contributed by atoms with van der Waals surface area (Å²) in [5, 5.41) is 8.81. The van der Waals surface area contributed by atoms with Crippen LogP contribution in [0.4, 0.5) is 0 Å². The first-order valence-electron chi connectivity index (χ1n) is 6.80. The molecule has 1 rings (SSSR count). The van der Waals surface area contributed by atoms with Crippen LogP contribution >= 0.6 is 0 Å². The van der Waals surface area contributed by atoms with Crippen LogP contribution in [-0.2, 0) is 19.6 Å². The fourth-order valence-electron chi connectivity index (χ4n) is 1.87. The zero-order valence-electron chi connectivity index (χ0n) is 12.6. The summed E-state index contributed by atoms with van der Waals surface area (Å²) in [6, 6.07) is 7.77. The van der Waals surface area contributed by atoms with E-state index in [1.807, 2.05) is 6.92 Å². The molecule has 0 radical (unpaired) electrons. The van der Waals surface area contributed by atoms with Crippen molar-refractivity contribution in [3.05, 3.63) is 30.3 Å². The standard InChI is InChI=1S/C14H20N2O5S/c1-3-9-16(11-14(18)19)13(17)10-15(2)22(20,21)12-7-5-4-6-8-12/h4-8H,3,9-11H2,1-2H3,(H,18,19). The van der Waals surface area contributed by atoms with Gasteiger partial charge in [-0.1, -0.05) is 25.1 Å². The Kier molecular flexibility index (Phi) is 6.51. The van der Waals surface area contributed by atoms with Crippen LogP contribution in [0.2, 0.25) is 0 Å². The number of carboxylic acids is 1. The number of rotatable bonds is 8. The van der Waals surface area contributed by atoms with Crippen molar-refractivity contribution in [1.82, 2.24) is 9.21 Å². The minimum atomic E-state index is -3.77. The van der Waals surface area contributed by atoms with Gasteiger partial charge in [0, 0.05) is 13.6 Å². The minimum Gasteiger partial charge on any atom is -0.480 e. The summed E-state index contributed by atoms with van der Waals surface area (Å²) in [7, 11) is -2.48. The van der Waals surface area contributed by atoms with Gasteiger partial charge < -0.3 is 10.0 Å². The fourth-order valence-corrected chi connectivity index (χ4v) is 3.01. The average molecular weight is 328 g/mol. The molecular weight excluding hydrogens is 308 g/mol. The Hall–Kier alpha value is -1.93. The van der Waals surface area contributed by atoms with Crippen molar-refractivity contribution >= 4 is 21.9 Å². The van der Waals surface area contributed by atoms with Crippen molar-refractivity contribution in [3.8, 4) is 0 Å². The monoisotopic (exact) mass is 328 g/mol. The summed E-state index contributed by atoms with van der Waals surface area (Å²) < 4.78 is 25.5. The molecule has 1 aromatic carbocycles. The highest BCUT2D eigenvalue weighted by atomic mass is 32.2. The van der Waals surface area contributed by atoms with E-state index in [-0.39, 0.29) is 11.4 Å². The molecule has 0 spiro atoms. The molecule has 1 N–H and O–H groups in total. The maximum absolute atomic E-state index is 12.3. The van der Waals surface area contributed by atoms with Gasteiger partial charge in [0.2, 0.25) is 15.9 Å². The lowest BCUT2D eigenvalue weighted by Crippen LogP contribution is -2.43. The van der Waals surface area contributed by atoms with E-state index in [1.54, 1.807) is 18.2 Å². The number of carbonyl (C=O) groups is 2. The van der Waals surface area contributed by atoms with Gasteiger partial charge in [-0.15, -0.1) is 0 Å². The Morgan fingerprint density at radius 3 is 2.23 bits per heavy atom. The van der Waals surface area contributed by atoms with Gasteiger partial charge >= 0.3 is 5.97 Å². The van der Waals surface area contributed by atoms with E-state index in [4.69, 9.17) is 5.11 Å². The minimum absolute atomic E-state index is 0.0885. The third kappa shape index (κ3) is 4.81. The van der Waals surface area contributed by atoms with Gasteiger partial charge in [-0.25, -0.2) is 8.42 Å². The molecule has 0 heterocycles. The Balaban J connectivity index is 2.83. The Bertz CT molecular complexity index is 615. The number of likely N-dealkylation sites (N-methyl/N-ethyl adjacent to an activating group) is 1. The van der Waals surface area contributed by atoms with E-state index in [0.717, 1.165) is 9.21 Å². The number of aliphatic carboxylic acids is 1. The quantitative estimate of drug-likeness (QED) is 0.755. The van der Waals surface area contributed by atoms with E-state index in [0.29, 0.717) is 6.42 Å². The summed E-state index contributed by atoms with van der Waals surface area (Å²) in [5.41, 5.74) is 0. The van der Waals surface area contributed by atoms with Gasteiger partial charge in [-0.2, -0.15) is 4.31 Å². The molecule has 122 valence electrons. The van der Waals surface area contributed by atoms with E-state index in [9.17, 15) is 18.0 Å². The third-order valence-corrected chi connectivity index (χ3v) is 4.80. The van der Waals surface area contributed by atoms with Crippen LogP contribution in [0.3, 0.4) is 0 Å². The summed E-state index contributed by atoms with van der Waals surface area (Å²) in [5.74, 6) is -1.67. The Morgan fingerprint density at radius 2 is 1.73 bits per heavy atom. The van der Waals surface area contributed by atoms with Crippen molar-refractivity contribution in [2.24, 2.45) is 0 Å². The van der Waals surface area contributed by atoms with Crippen molar-refractivity contribution in [3.63, 3.8) is 0 Å². The molecule has 0 aliphatic rings. The molecule has 0 saturated heterocycles. The average Bonchev–Trinajstić information content (AvgIpc) is 2.47. The first-order valence-corrected chi connectivity index (χ1v) is 8.24. The van der Waals surface area contributed by atoms with Gasteiger partial charge in [0.05, 0.1) is 11.4 Å². The van der Waals surface area contributed by atoms with Crippen LogP contribution in [0.5, 0.6) is 0 Å². The topological polar surface area (TPSA) is 95.0 Å². The molecule has 0 fully saturated rings. The number of sulfonamides is 1. The first kappa shape index (κ1) is 18.1. The number of hydrogen-bond acceptors (Lipinski definition) is 4. The van der Waals surface area contributed by atoms with Crippen LogP contribution in [0.15, 0.2) is 35.2 Å². The molecule has 1 amide bonds. The molecular formula is C14H20N2O5S. The first-order chi connectivity index (χ1) is 10.3. The van der Waals surface area contributed by atoms with Crippen LogP contribution < -0.4 is 0 Å². The lowest BCUT2D eigenvalue weighted by Gasteiger charge is -2.23. The number of carbonyl (C=O) groups excluding carboxylic acids is 1.